The van der Waals surface area contributed by atoms with E-state index in [0.29, 0.717) is 11.3 Å². The smallest absolute Gasteiger partial charge is 0.349 e. The molecule has 10 heteroatoms. The van der Waals surface area contributed by atoms with Gasteiger partial charge in [0, 0.05) is 11.8 Å². The van der Waals surface area contributed by atoms with Gasteiger partial charge < -0.3 is 14.8 Å². The minimum absolute atomic E-state index is 0.0507. The molecule has 0 aromatic heterocycles. The van der Waals surface area contributed by atoms with Crippen LogP contribution < -0.4 is 10.1 Å². The van der Waals surface area contributed by atoms with E-state index in [1.54, 1.807) is 30.3 Å². The van der Waals surface area contributed by atoms with E-state index in [-0.39, 0.29) is 11.3 Å². The minimum Gasteiger partial charge on any atom is -0.497 e. The highest BCUT2D eigenvalue weighted by Gasteiger charge is 2.22. The molecule has 0 saturated carbocycles. The lowest BCUT2D eigenvalue weighted by Gasteiger charge is -2.13. The Morgan fingerprint density at radius 1 is 1.27 bits per heavy atom. The Kier molecular flexibility index (Phi) is 7.19. The number of halogens is 1. The molecule has 0 spiro atoms. The average molecular weight is 413 g/mol. The molecular weight excluding hydrogens is 397 g/mol. The van der Waals surface area contributed by atoms with Crippen molar-refractivity contribution in [3.05, 3.63) is 69.5 Å². The second-order valence-electron chi connectivity index (χ2n) is 5.90. The van der Waals surface area contributed by atoms with Gasteiger partial charge in [-0.1, -0.05) is 12.1 Å². The van der Waals surface area contributed by atoms with Crippen LogP contribution in [-0.4, -0.2) is 30.0 Å². The SMILES string of the molecule is COc1ccc(/C=C(\C#N)C(=O)O[C@H](C)C(=O)Nc2ccc(F)c([N+](=O)[O-])c2)cc1. The van der Waals surface area contributed by atoms with Gasteiger partial charge in [0.2, 0.25) is 5.82 Å². The van der Waals surface area contributed by atoms with E-state index in [1.807, 2.05) is 0 Å². The summed E-state index contributed by atoms with van der Waals surface area (Å²) in [5, 5.41) is 22.3. The number of nitrogens with zero attached hydrogens (tertiary/aromatic N) is 2. The van der Waals surface area contributed by atoms with E-state index < -0.39 is 34.4 Å². The number of methoxy groups -OCH3 is 1. The van der Waals surface area contributed by atoms with Crippen molar-refractivity contribution in [2.24, 2.45) is 0 Å². The van der Waals surface area contributed by atoms with Crippen molar-refractivity contribution < 1.29 is 28.4 Å². The van der Waals surface area contributed by atoms with Crippen LogP contribution in [-0.2, 0) is 14.3 Å². The summed E-state index contributed by atoms with van der Waals surface area (Å²) in [6.45, 7) is 1.26. The first-order chi connectivity index (χ1) is 14.2. The highest BCUT2D eigenvalue weighted by atomic mass is 19.1. The second-order valence-corrected chi connectivity index (χ2v) is 5.90. The molecule has 1 atom stereocenters. The molecule has 1 N–H and O–H groups in total. The molecule has 0 unspecified atom stereocenters. The number of benzene rings is 2. The van der Waals surface area contributed by atoms with Crippen molar-refractivity contribution in [1.82, 2.24) is 0 Å². The molecule has 2 rings (SSSR count). The van der Waals surface area contributed by atoms with Gasteiger partial charge in [-0.25, -0.2) is 4.79 Å². The van der Waals surface area contributed by atoms with Gasteiger partial charge >= 0.3 is 11.7 Å². The van der Waals surface area contributed by atoms with Gasteiger partial charge in [-0.15, -0.1) is 0 Å². The first kappa shape index (κ1) is 22.0. The van der Waals surface area contributed by atoms with Crippen LogP contribution in [0.25, 0.3) is 6.08 Å². The third kappa shape index (κ3) is 5.62. The quantitative estimate of drug-likeness (QED) is 0.242. The van der Waals surface area contributed by atoms with Crippen LogP contribution in [0.1, 0.15) is 12.5 Å². The van der Waals surface area contributed by atoms with Gasteiger partial charge in [-0.2, -0.15) is 9.65 Å². The second kappa shape index (κ2) is 9.79. The standard InChI is InChI=1S/C20H16FN3O6/c1-12(19(25)23-15-5-8-17(21)18(10-15)24(27)28)30-20(26)14(11-22)9-13-3-6-16(29-2)7-4-13/h3-10,12H,1-2H3,(H,23,25)/b14-9+/t12-/m1/s1. The fraction of sp³-hybridized carbons (Fsp3) is 0.150. The molecule has 1 amide bonds. The highest BCUT2D eigenvalue weighted by molar-refractivity contribution is 6.01. The number of nitro groups is 1. The maximum atomic E-state index is 13.4. The zero-order valence-electron chi connectivity index (χ0n) is 15.9. The molecule has 0 bridgehead atoms. The van der Waals surface area contributed by atoms with Crippen LogP contribution >= 0.6 is 0 Å². The van der Waals surface area contributed by atoms with E-state index in [4.69, 9.17) is 9.47 Å². The summed E-state index contributed by atoms with van der Waals surface area (Å²) in [6, 6.07) is 11.0. The number of nitrogens with one attached hydrogen (secondary N) is 1. The van der Waals surface area contributed by atoms with Gasteiger partial charge in [0.05, 0.1) is 12.0 Å². The number of esters is 1. The molecule has 154 valence electrons. The van der Waals surface area contributed by atoms with Crippen molar-refractivity contribution in [2.75, 3.05) is 12.4 Å². The predicted octanol–water partition coefficient (Wildman–Crippen LogP) is 3.22. The molecular formula is C20H16FN3O6. The monoisotopic (exact) mass is 413 g/mol. The summed E-state index contributed by atoms with van der Waals surface area (Å²) in [4.78, 5) is 34.2. The molecule has 9 nitrogen and oxygen atoms in total. The third-order valence-electron chi connectivity index (χ3n) is 3.83. The molecule has 0 aliphatic heterocycles. The van der Waals surface area contributed by atoms with Crippen molar-refractivity contribution in [3.63, 3.8) is 0 Å². The molecule has 0 aliphatic rings. The van der Waals surface area contributed by atoms with E-state index in [2.05, 4.69) is 5.32 Å². The maximum Gasteiger partial charge on any atom is 0.349 e. The molecule has 0 aliphatic carbocycles. The van der Waals surface area contributed by atoms with E-state index >= 15 is 0 Å². The zero-order chi connectivity index (χ0) is 22.3. The minimum atomic E-state index is -1.32. The fourth-order valence-corrected chi connectivity index (χ4v) is 2.26. The normalized spacial score (nSPS) is 11.7. The first-order valence-electron chi connectivity index (χ1n) is 8.46. The van der Waals surface area contributed by atoms with Gasteiger partial charge in [0.1, 0.15) is 17.4 Å². The number of carbonyl (C=O) groups excluding carboxylic acids is 2. The first-order valence-corrected chi connectivity index (χ1v) is 8.46. The largest absolute Gasteiger partial charge is 0.497 e. The topological polar surface area (TPSA) is 132 Å². The number of nitro benzene ring substituents is 1. The molecule has 0 radical (unpaired) electrons. The third-order valence-corrected chi connectivity index (χ3v) is 3.83. The van der Waals surface area contributed by atoms with Crippen molar-refractivity contribution in [2.45, 2.75) is 13.0 Å². The summed E-state index contributed by atoms with van der Waals surface area (Å²) < 4.78 is 23.4. The van der Waals surface area contributed by atoms with Crippen molar-refractivity contribution >= 4 is 29.3 Å². The fourth-order valence-electron chi connectivity index (χ4n) is 2.26. The number of carbonyl (C=O) groups is 2. The Balaban J connectivity index is 2.07. The number of rotatable bonds is 7. The van der Waals surface area contributed by atoms with Crippen LogP contribution in [0, 0.1) is 27.3 Å². The van der Waals surface area contributed by atoms with Gasteiger partial charge in [0.25, 0.3) is 5.91 Å². The Hall–Kier alpha value is -4.26. The molecule has 0 saturated heterocycles. The van der Waals surface area contributed by atoms with Crippen LogP contribution in [0.2, 0.25) is 0 Å². The number of ether oxygens (including phenoxy) is 2. The van der Waals surface area contributed by atoms with Crippen molar-refractivity contribution in [3.8, 4) is 11.8 Å². The summed E-state index contributed by atoms with van der Waals surface area (Å²) in [5.41, 5.74) is -0.658. The van der Waals surface area contributed by atoms with Gasteiger partial charge in [0.15, 0.2) is 6.10 Å². The van der Waals surface area contributed by atoms with Crippen molar-refractivity contribution in [1.29, 1.82) is 5.26 Å². The average Bonchev–Trinajstić information content (AvgIpc) is 2.73. The predicted molar refractivity (Wildman–Crippen MR) is 104 cm³/mol. The Bertz CT molecular complexity index is 1040. The van der Waals surface area contributed by atoms with Crippen LogP contribution in [0.15, 0.2) is 48.0 Å². The number of nitriles is 1. The molecule has 2 aromatic carbocycles. The molecule has 30 heavy (non-hydrogen) atoms. The zero-order valence-corrected chi connectivity index (χ0v) is 15.9. The number of hydrogen-bond donors (Lipinski definition) is 1. The van der Waals surface area contributed by atoms with E-state index in [0.717, 1.165) is 18.2 Å². The maximum absolute atomic E-state index is 13.4. The summed E-state index contributed by atoms with van der Waals surface area (Å²) in [6.07, 6.45) is -0.0374. The van der Waals surface area contributed by atoms with Crippen LogP contribution in [0.4, 0.5) is 15.8 Å². The summed E-state index contributed by atoms with van der Waals surface area (Å²) >= 11 is 0. The van der Waals surface area contributed by atoms with Gasteiger partial charge in [-0.3, -0.25) is 14.9 Å². The lowest BCUT2D eigenvalue weighted by atomic mass is 10.1. The Labute approximate surface area is 170 Å². The van der Waals surface area contributed by atoms with E-state index in [1.165, 1.54) is 20.1 Å². The molecule has 0 fully saturated rings. The summed E-state index contributed by atoms with van der Waals surface area (Å²) in [5.74, 6) is -2.30. The lowest BCUT2D eigenvalue weighted by molar-refractivity contribution is -0.387. The number of hydrogen-bond acceptors (Lipinski definition) is 7. The highest BCUT2D eigenvalue weighted by Crippen LogP contribution is 2.22. The van der Waals surface area contributed by atoms with Gasteiger partial charge in [-0.05, 0) is 42.8 Å². The molecule has 0 heterocycles. The van der Waals surface area contributed by atoms with Crippen LogP contribution in [0.3, 0.4) is 0 Å². The number of anilines is 1. The molecule has 2 aromatic rings. The van der Waals surface area contributed by atoms with Crippen LogP contribution in [0.5, 0.6) is 5.75 Å². The van der Waals surface area contributed by atoms with E-state index in [9.17, 15) is 29.4 Å². The summed E-state index contributed by atoms with van der Waals surface area (Å²) in [7, 11) is 1.50. The number of amides is 1. The Morgan fingerprint density at radius 2 is 1.93 bits per heavy atom. The lowest BCUT2D eigenvalue weighted by Crippen LogP contribution is -2.30. The Morgan fingerprint density at radius 3 is 2.50 bits per heavy atom.